The second-order valence-electron chi connectivity index (χ2n) is 4.99. The number of methoxy groups -OCH3 is 2. The van der Waals surface area contributed by atoms with Crippen LogP contribution in [0.15, 0.2) is 18.2 Å². The lowest BCUT2D eigenvalue weighted by atomic mass is 10.0. The Morgan fingerprint density at radius 3 is 2.65 bits per heavy atom. The number of amides is 2. The fourth-order valence-electron chi connectivity index (χ4n) is 2.58. The number of amidine groups is 1. The smallest absolute Gasteiger partial charge is 0.323 e. The molecular weight excluding hydrogens is 258 g/mol. The molecule has 0 radical (unpaired) electrons. The Morgan fingerprint density at radius 2 is 2.05 bits per heavy atom. The topological polar surface area (TPSA) is 74.7 Å². The summed E-state index contributed by atoms with van der Waals surface area (Å²) in [5.41, 5.74) is 0.809. The van der Waals surface area contributed by atoms with Gasteiger partial charge in [0.1, 0.15) is 23.4 Å². The predicted molar refractivity (Wildman–Crippen MR) is 73.4 cm³/mol. The van der Waals surface area contributed by atoms with Crippen molar-refractivity contribution in [3.05, 3.63) is 23.8 Å². The molecule has 2 N–H and O–H groups in total. The van der Waals surface area contributed by atoms with E-state index in [-0.39, 0.29) is 17.9 Å². The first kappa shape index (κ1) is 12.8. The molecule has 0 spiro atoms. The molecule has 1 atom stereocenters. The molecular formula is C14H17N3O3. The van der Waals surface area contributed by atoms with E-state index in [1.807, 2.05) is 12.1 Å². The summed E-state index contributed by atoms with van der Waals surface area (Å²) in [5.74, 6) is 1.51. The van der Waals surface area contributed by atoms with E-state index < -0.39 is 6.04 Å². The van der Waals surface area contributed by atoms with Crippen LogP contribution in [0.5, 0.6) is 11.5 Å². The first-order valence-electron chi connectivity index (χ1n) is 6.55. The summed E-state index contributed by atoms with van der Waals surface area (Å²) in [4.78, 5) is 13.7. The number of carbonyl (C=O) groups excluding carboxylic acids is 1. The number of nitrogens with zero attached hydrogens (tertiary/aromatic N) is 1. The molecule has 1 aromatic carbocycles. The van der Waals surface area contributed by atoms with Crippen molar-refractivity contribution in [3.63, 3.8) is 0 Å². The Hall–Kier alpha value is -2.24. The molecule has 20 heavy (non-hydrogen) atoms. The quantitative estimate of drug-likeness (QED) is 0.881. The second kappa shape index (κ2) is 4.70. The van der Waals surface area contributed by atoms with Crippen LogP contribution in [0, 0.1) is 5.41 Å². The molecule has 1 aliphatic heterocycles. The average molecular weight is 275 g/mol. The minimum Gasteiger partial charge on any atom is -0.497 e. The number of hydrogen-bond acceptors (Lipinski definition) is 4. The van der Waals surface area contributed by atoms with Gasteiger partial charge in [-0.1, -0.05) is 0 Å². The van der Waals surface area contributed by atoms with Gasteiger partial charge in [-0.25, -0.2) is 4.79 Å². The number of benzene rings is 1. The molecule has 1 saturated carbocycles. The maximum absolute atomic E-state index is 12.0. The van der Waals surface area contributed by atoms with Gasteiger partial charge < -0.3 is 14.4 Å². The van der Waals surface area contributed by atoms with Crippen LogP contribution in [0.2, 0.25) is 0 Å². The molecule has 6 heteroatoms. The minimum atomic E-state index is -0.393. The van der Waals surface area contributed by atoms with Crippen molar-refractivity contribution >= 4 is 11.9 Å². The maximum atomic E-state index is 12.0. The molecule has 2 amide bonds. The van der Waals surface area contributed by atoms with Gasteiger partial charge in [0.15, 0.2) is 0 Å². The van der Waals surface area contributed by atoms with Crippen molar-refractivity contribution in [2.24, 2.45) is 0 Å². The molecule has 6 nitrogen and oxygen atoms in total. The highest BCUT2D eigenvalue weighted by Gasteiger charge is 2.46. The Balaban J connectivity index is 2.02. The van der Waals surface area contributed by atoms with E-state index in [4.69, 9.17) is 14.9 Å². The molecule has 1 unspecified atom stereocenters. The molecule has 0 aromatic heterocycles. The molecule has 106 valence electrons. The first-order chi connectivity index (χ1) is 9.65. The monoisotopic (exact) mass is 275 g/mol. The summed E-state index contributed by atoms with van der Waals surface area (Å²) in [5, 5.41) is 10.6. The Bertz CT molecular complexity index is 569. The largest absolute Gasteiger partial charge is 0.497 e. The highest BCUT2D eigenvalue weighted by atomic mass is 16.5. The molecule has 1 aliphatic carbocycles. The van der Waals surface area contributed by atoms with Crippen LogP contribution in [-0.2, 0) is 0 Å². The van der Waals surface area contributed by atoms with Crippen molar-refractivity contribution in [1.82, 2.24) is 10.2 Å². The van der Waals surface area contributed by atoms with Crippen molar-refractivity contribution in [2.75, 3.05) is 14.2 Å². The molecule has 1 saturated heterocycles. The van der Waals surface area contributed by atoms with Crippen LogP contribution in [0.25, 0.3) is 0 Å². The summed E-state index contributed by atoms with van der Waals surface area (Å²) < 4.78 is 10.6. The number of carbonyl (C=O) groups is 1. The summed E-state index contributed by atoms with van der Waals surface area (Å²) in [7, 11) is 3.17. The third-order valence-electron chi connectivity index (χ3n) is 3.70. The zero-order valence-electron chi connectivity index (χ0n) is 11.5. The molecule has 2 fully saturated rings. The number of ether oxygens (including phenoxy) is 2. The van der Waals surface area contributed by atoms with Gasteiger partial charge in [0.2, 0.25) is 0 Å². The van der Waals surface area contributed by atoms with Crippen LogP contribution in [0.1, 0.15) is 24.4 Å². The lowest BCUT2D eigenvalue weighted by Gasteiger charge is -2.24. The normalized spacial score (nSPS) is 21.9. The van der Waals surface area contributed by atoms with Gasteiger partial charge in [0, 0.05) is 17.7 Å². The lowest BCUT2D eigenvalue weighted by Crippen LogP contribution is -2.32. The zero-order chi connectivity index (χ0) is 14.3. The Morgan fingerprint density at radius 1 is 1.30 bits per heavy atom. The van der Waals surface area contributed by atoms with Gasteiger partial charge in [-0.05, 0) is 25.0 Å². The maximum Gasteiger partial charge on any atom is 0.323 e. The Kier molecular flexibility index (Phi) is 3.00. The van der Waals surface area contributed by atoms with E-state index in [0.717, 1.165) is 18.4 Å². The highest BCUT2D eigenvalue weighted by molar-refractivity contribution is 6.06. The third kappa shape index (κ3) is 1.97. The van der Waals surface area contributed by atoms with Crippen molar-refractivity contribution in [2.45, 2.75) is 24.9 Å². The fraction of sp³-hybridized carbons (Fsp3) is 0.429. The van der Waals surface area contributed by atoms with E-state index in [9.17, 15) is 4.79 Å². The average Bonchev–Trinajstić information content (AvgIpc) is 3.23. The van der Waals surface area contributed by atoms with Crippen LogP contribution >= 0.6 is 0 Å². The van der Waals surface area contributed by atoms with Gasteiger partial charge in [-0.15, -0.1) is 0 Å². The SMILES string of the molecule is COc1ccc(C2C(=N)NC(=O)N2C2CC2)c(OC)c1. The van der Waals surface area contributed by atoms with Crippen LogP contribution in [0.3, 0.4) is 0 Å². The molecule has 3 rings (SSSR count). The molecule has 1 aromatic rings. The van der Waals surface area contributed by atoms with Crippen molar-refractivity contribution in [1.29, 1.82) is 5.41 Å². The van der Waals surface area contributed by atoms with E-state index in [2.05, 4.69) is 5.32 Å². The molecule has 0 bridgehead atoms. The summed E-state index contributed by atoms with van der Waals surface area (Å²) in [6, 6.07) is 5.09. The third-order valence-corrected chi connectivity index (χ3v) is 3.70. The van der Waals surface area contributed by atoms with Crippen LogP contribution in [-0.4, -0.2) is 37.0 Å². The van der Waals surface area contributed by atoms with E-state index >= 15 is 0 Å². The number of rotatable bonds is 4. The van der Waals surface area contributed by atoms with Crippen LogP contribution in [0.4, 0.5) is 4.79 Å². The summed E-state index contributed by atoms with van der Waals surface area (Å²) in [6.07, 6.45) is 1.99. The standard InChI is InChI=1S/C14H17N3O3/c1-19-9-5-6-10(11(7-9)20-2)12-13(15)16-14(18)17(12)8-3-4-8/h5-8,12H,3-4H2,1-2H3,(H2,15,16,18). The molecule has 2 aliphatic rings. The summed E-state index contributed by atoms with van der Waals surface area (Å²) >= 11 is 0. The Labute approximate surface area is 117 Å². The first-order valence-corrected chi connectivity index (χ1v) is 6.55. The summed E-state index contributed by atoms with van der Waals surface area (Å²) in [6.45, 7) is 0. The lowest BCUT2D eigenvalue weighted by molar-refractivity contribution is 0.202. The number of hydrogen-bond donors (Lipinski definition) is 2. The van der Waals surface area contributed by atoms with E-state index in [0.29, 0.717) is 11.5 Å². The minimum absolute atomic E-state index is 0.194. The fourth-order valence-corrected chi connectivity index (χ4v) is 2.58. The van der Waals surface area contributed by atoms with Crippen molar-refractivity contribution in [3.8, 4) is 11.5 Å². The number of nitrogens with one attached hydrogen (secondary N) is 2. The van der Waals surface area contributed by atoms with Gasteiger partial charge in [-0.3, -0.25) is 10.7 Å². The number of urea groups is 1. The second-order valence-corrected chi connectivity index (χ2v) is 4.99. The van der Waals surface area contributed by atoms with Gasteiger partial charge in [0.05, 0.1) is 14.2 Å². The molecule has 1 heterocycles. The van der Waals surface area contributed by atoms with Crippen molar-refractivity contribution < 1.29 is 14.3 Å². The highest BCUT2D eigenvalue weighted by Crippen LogP contribution is 2.41. The van der Waals surface area contributed by atoms with Gasteiger partial charge >= 0.3 is 6.03 Å². The van der Waals surface area contributed by atoms with Crippen LogP contribution < -0.4 is 14.8 Å². The zero-order valence-corrected chi connectivity index (χ0v) is 11.5. The van der Waals surface area contributed by atoms with E-state index in [1.165, 1.54) is 0 Å². The predicted octanol–water partition coefficient (Wildman–Crippen LogP) is 1.91. The van der Waals surface area contributed by atoms with Gasteiger partial charge in [0.25, 0.3) is 0 Å². The van der Waals surface area contributed by atoms with Gasteiger partial charge in [-0.2, -0.15) is 0 Å². The van der Waals surface area contributed by atoms with E-state index in [1.54, 1.807) is 25.2 Å².